The van der Waals surface area contributed by atoms with Gasteiger partial charge in [0.1, 0.15) is 0 Å². The topological polar surface area (TPSA) is 52.6 Å². The lowest BCUT2D eigenvalue weighted by atomic mass is 9.70. The molecule has 3 rings (SSSR count). The molecule has 0 N–H and O–H groups in total. The summed E-state index contributed by atoms with van der Waals surface area (Å²) in [5, 5.41) is 0. The zero-order valence-corrected chi connectivity index (χ0v) is 12.8. The minimum absolute atomic E-state index is 0.0855. The molecule has 2 bridgehead atoms. The maximum Gasteiger partial charge on any atom is 0.334 e. The van der Waals surface area contributed by atoms with E-state index in [4.69, 9.17) is 9.47 Å². The van der Waals surface area contributed by atoms with E-state index in [-0.39, 0.29) is 11.8 Å². The fraction of sp³-hybridized carbons (Fsp3) is 0.529. The Bertz CT molecular complexity index is 558. The van der Waals surface area contributed by atoms with Crippen LogP contribution in [-0.2, 0) is 19.1 Å². The van der Waals surface area contributed by atoms with Gasteiger partial charge in [-0.2, -0.15) is 0 Å². The highest BCUT2D eigenvalue weighted by Gasteiger charge is 2.47. The van der Waals surface area contributed by atoms with Crippen molar-refractivity contribution >= 4 is 11.9 Å². The average Bonchev–Trinajstić information content (AvgIpc) is 3.10. The first kappa shape index (κ1) is 14.1. The Kier molecular flexibility index (Phi) is 3.27. The van der Waals surface area contributed by atoms with Gasteiger partial charge in [-0.15, -0.1) is 0 Å². The smallest absolute Gasteiger partial charge is 0.334 e. The molecule has 0 unspecified atom stereocenters. The molecule has 0 radical (unpaired) electrons. The second-order valence-electron chi connectivity index (χ2n) is 6.00. The van der Waals surface area contributed by atoms with Gasteiger partial charge in [0, 0.05) is 11.8 Å². The molecule has 4 atom stereocenters. The van der Waals surface area contributed by atoms with E-state index in [9.17, 15) is 9.59 Å². The highest BCUT2D eigenvalue weighted by atomic mass is 16.5. The minimum atomic E-state index is -0.423. The van der Waals surface area contributed by atoms with Crippen molar-refractivity contribution in [2.45, 2.75) is 20.3 Å². The first-order valence-electron chi connectivity index (χ1n) is 7.34. The molecule has 0 heterocycles. The summed E-state index contributed by atoms with van der Waals surface area (Å²) in [5.74, 6) is -0.209. The second kappa shape index (κ2) is 4.86. The van der Waals surface area contributed by atoms with Crippen molar-refractivity contribution in [1.82, 2.24) is 0 Å². The van der Waals surface area contributed by atoms with Crippen LogP contribution in [0, 0.1) is 23.7 Å². The molecule has 0 aromatic carbocycles. The van der Waals surface area contributed by atoms with Crippen LogP contribution >= 0.6 is 0 Å². The Labute approximate surface area is 124 Å². The lowest BCUT2D eigenvalue weighted by Crippen LogP contribution is -2.31. The standard InChI is InChI=1S/C17H20O4/c1-8-12-10-5-6-11(7-10)13(12)9(2)15(17(19)21-4)14(8)16(18)20-3/h5-6,8-11H,7H2,1-4H3/t8-,9+,10-,11-/m0/s1. The number of allylic oxidation sites excluding steroid dienone is 4. The predicted octanol–water partition coefficient (Wildman–Crippen LogP) is 2.42. The fourth-order valence-electron chi connectivity index (χ4n) is 4.30. The van der Waals surface area contributed by atoms with Crippen molar-refractivity contribution in [3.05, 3.63) is 34.4 Å². The second-order valence-corrected chi connectivity index (χ2v) is 6.00. The highest BCUT2D eigenvalue weighted by molar-refractivity contribution is 6.02. The zero-order valence-electron chi connectivity index (χ0n) is 12.8. The molecule has 0 fully saturated rings. The van der Waals surface area contributed by atoms with Crippen LogP contribution in [-0.4, -0.2) is 26.2 Å². The van der Waals surface area contributed by atoms with E-state index in [1.54, 1.807) is 0 Å². The number of carbonyl (C=O) groups excluding carboxylic acids is 2. The number of hydrogen-bond acceptors (Lipinski definition) is 4. The monoisotopic (exact) mass is 288 g/mol. The van der Waals surface area contributed by atoms with E-state index in [0.717, 1.165) is 6.42 Å². The number of carbonyl (C=O) groups is 2. The van der Waals surface area contributed by atoms with E-state index in [0.29, 0.717) is 23.0 Å². The quantitative estimate of drug-likeness (QED) is 0.578. The summed E-state index contributed by atoms with van der Waals surface area (Å²) in [5.41, 5.74) is 3.55. The molecule has 0 aliphatic heterocycles. The van der Waals surface area contributed by atoms with Crippen LogP contribution in [0.4, 0.5) is 0 Å². The summed E-state index contributed by atoms with van der Waals surface area (Å²) < 4.78 is 9.83. The Balaban J connectivity index is 2.13. The summed E-state index contributed by atoms with van der Waals surface area (Å²) in [6, 6.07) is 0. The van der Waals surface area contributed by atoms with Crippen molar-refractivity contribution in [3.8, 4) is 0 Å². The molecule has 0 saturated carbocycles. The van der Waals surface area contributed by atoms with Gasteiger partial charge in [0.25, 0.3) is 0 Å². The number of fused-ring (bicyclic) bond motifs is 4. The van der Waals surface area contributed by atoms with Crippen LogP contribution in [0.2, 0.25) is 0 Å². The van der Waals surface area contributed by atoms with Gasteiger partial charge in [0.05, 0.1) is 25.4 Å². The van der Waals surface area contributed by atoms with Gasteiger partial charge in [0.15, 0.2) is 0 Å². The van der Waals surface area contributed by atoms with E-state index in [1.165, 1.54) is 25.4 Å². The van der Waals surface area contributed by atoms with Gasteiger partial charge in [-0.05, 0) is 18.3 Å². The summed E-state index contributed by atoms with van der Waals surface area (Å²) in [4.78, 5) is 24.4. The molecular weight excluding hydrogens is 268 g/mol. The summed E-state index contributed by atoms with van der Waals surface area (Å²) in [6.07, 6.45) is 5.53. The molecular formula is C17H20O4. The maximum absolute atomic E-state index is 12.2. The van der Waals surface area contributed by atoms with E-state index in [2.05, 4.69) is 12.2 Å². The normalized spacial score (nSPS) is 33.3. The van der Waals surface area contributed by atoms with Crippen molar-refractivity contribution in [2.75, 3.05) is 14.2 Å². The van der Waals surface area contributed by atoms with Gasteiger partial charge in [-0.25, -0.2) is 9.59 Å². The van der Waals surface area contributed by atoms with Crippen molar-refractivity contribution < 1.29 is 19.1 Å². The molecule has 3 aliphatic carbocycles. The SMILES string of the molecule is COC(=O)C1=C(C(=O)OC)[C@H](C)C2=C([C@@H]1C)[C@H]1C=C[C@H]2C1. The van der Waals surface area contributed by atoms with E-state index < -0.39 is 11.9 Å². The third kappa shape index (κ3) is 1.81. The van der Waals surface area contributed by atoms with Crippen molar-refractivity contribution in [1.29, 1.82) is 0 Å². The fourth-order valence-corrected chi connectivity index (χ4v) is 4.30. The van der Waals surface area contributed by atoms with Crippen LogP contribution in [0.15, 0.2) is 34.4 Å². The summed E-state index contributed by atoms with van der Waals surface area (Å²) in [6.45, 7) is 3.98. The third-order valence-corrected chi connectivity index (χ3v) is 5.12. The Morgan fingerprint density at radius 2 is 1.29 bits per heavy atom. The first-order valence-corrected chi connectivity index (χ1v) is 7.34. The number of ether oxygens (including phenoxy) is 2. The van der Waals surface area contributed by atoms with Gasteiger partial charge in [-0.1, -0.05) is 37.1 Å². The lowest BCUT2D eigenvalue weighted by molar-refractivity contribution is -0.140. The Morgan fingerprint density at radius 1 is 0.905 bits per heavy atom. The van der Waals surface area contributed by atoms with Crippen molar-refractivity contribution in [3.63, 3.8) is 0 Å². The largest absolute Gasteiger partial charge is 0.466 e. The molecule has 0 aromatic heterocycles. The third-order valence-electron chi connectivity index (χ3n) is 5.12. The maximum atomic E-state index is 12.2. The van der Waals surface area contributed by atoms with E-state index in [1.807, 2.05) is 13.8 Å². The number of rotatable bonds is 2. The molecule has 4 nitrogen and oxygen atoms in total. The first-order chi connectivity index (χ1) is 10.0. The molecule has 4 heteroatoms. The number of methoxy groups -OCH3 is 2. The lowest BCUT2D eigenvalue weighted by Gasteiger charge is -2.34. The average molecular weight is 288 g/mol. The Morgan fingerprint density at radius 3 is 1.62 bits per heavy atom. The molecule has 0 aromatic rings. The highest BCUT2D eigenvalue weighted by Crippen LogP contribution is 2.55. The van der Waals surface area contributed by atoms with Gasteiger partial charge < -0.3 is 9.47 Å². The van der Waals surface area contributed by atoms with Gasteiger partial charge >= 0.3 is 11.9 Å². The van der Waals surface area contributed by atoms with Crippen LogP contribution in [0.5, 0.6) is 0 Å². The predicted molar refractivity (Wildman–Crippen MR) is 77.1 cm³/mol. The zero-order chi connectivity index (χ0) is 15.3. The molecule has 0 saturated heterocycles. The number of esters is 2. The molecule has 0 spiro atoms. The van der Waals surface area contributed by atoms with Crippen LogP contribution < -0.4 is 0 Å². The van der Waals surface area contributed by atoms with Gasteiger partial charge in [-0.3, -0.25) is 0 Å². The Hall–Kier alpha value is -1.84. The van der Waals surface area contributed by atoms with Gasteiger partial charge in [0.2, 0.25) is 0 Å². The van der Waals surface area contributed by atoms with Crippen molar-refractivity contribution in [2.24, 2.45) is 23.7 Å². The summed E-state index contributed by atoms with van der Waals surface area (Å²) in [7, 11) is 2.71. The van der Waals surface area contributed by atoms with Crippen LogP contribution in [0.1, 0.15) is 20.3 Å². The van der Waals surface area contributed by atoms with E-state index >= 15 is 0 Å². The molecule has 21 heavy (non-hydrogen) atoms. The van der Waals surface area contributed by atoms with Crippen LogP contribution in [0.25, 0.3) is 0 Å². The number of hydrogen-bond donors (Lipinski definition) is 0. The molecule has 112 valence electrons. The minimum Gasteiger partial charge on any atom is -0.466 e. The molecule has 3 aliphatic rings. The van der Waals surface area contributed by atoms with Crippen LogP contribution in [0.3, 0.4) is 0 Å². The summed E-state index contributed by atoms with van der Waals surface area (Å²) >= 11 is 0. The molecule has 0 amide bonds.